The van der Waals surface area contributed by atoms with E-state index in [0.29, 0.717) is 44.0 Å². The van der Waals surface area contributed by atoms with Gasteiger partial charge in [-0.15, -0.1) is 10.2 Å². The number of ether oxygens (including phenoxy) is 1. The second-order valence-corrected chi connectivity index (χ2v) is 8.85. The summed E-state index contributed by atoms with van der Waals surface area (Å²) in [5, 5.41) is 13.3. The smallest absolute Gasteiger partial charge is 0.234 e. The fourth-order valence-corrected chi connectivity index (χ4v) is 4.29. The number of halogens is 3. The third-order valence-electron chi connectivity index (χ3n) is 4.43. The minimum absolute atomic E-state index is 0.130. The Morgan fingerprint density at radius 3 is 2.52 bits per heavy atom. The van der Waals surface area contributed by atoms with Crippen LogP contribution in [0.5, 0.6) is 5.75 Å². The highest BCUT2D eigenvalue weighted by atomic mass is 35.5. The second-order valence-electron chi connectivity index (χ2n) is 6.69. The molecule has 0 saturated heterocycles. The average Bonchev–Trinajstić information content (AvgIpc) is 3.15. The van der Waals surface area contributed by atoms with Gasteiger partial charge in [-0.25, -0.2) is 0 Å². The van der Waals surface area contributed by atoms with E-state index in [9.17, 15) is 4.79 Å². The van der Waals surface area contributed by atoms with Crippen LogP contribution in [0.3, 0.4) is 0 Å². The maximum Gasteiger partial charge on any atom is 0.234 e. The first-order chi connectivity index (χ1) is 14.8. The SMILES string of the molecule is CCn1c(SCC(=O)Nc2c(Cl)cccc2Cl)nnc1C(C)Oc1ccc(Cl)c(C)c1. The molecule has 3 rings (SSSR count). The Kier molecular flexibility index (Phi) is 8.11. The van der Waals surface area contributed by atoms with Gasteiger partial charge in [0, 0.05) is 11.6 Å². The number of aromatic nitrogens is 3. The topological polar surface area (TPSA) is 69.0 Å². The van der Waals surface area contributed by atoms with Gasteiger partial charge >= 0.3 is 0 Å². The van der Waals surface area contributed by atoms with Crippen molar-refractivity contribution in [2.45, 2.75) is 38.6 Å². The highest BCUT2D eigenvalue weighted by molar-refractivity contribution is 7.99. The zero-order chi connectivity index (χ0) is 22.5. The molecule has 0 radical (unpaired) electrons. The summed E-state index contributed by atoms with van der Waals surface area (Å²) in [6.45, 7) is 6.44. The summed E-state index contributed by atoms with van der Waals surface area (Å²) in [6.07, 6.45) is -0.335. The van der Waals surface area contributed by atoms with Gasteiger partial charge in [-0.2, -0.15) is 0 Å². The molecule has 0 spiro atoms. The Labute approximate surface area is 200 Å². The number of nitrogens with one attached hydrogen (secondary N) is 1. The molecule has 1 unspecified atom stereocenters. The maximum absolute atomic E-state index is 12.4. The highest BCUT2D eigenvalue weighted by Gasteiger charge is 2.20. The van der Waals surface area contributed by atoms with Crippen LogP contribution in [-0.4, -0.2) is 26.4 Å². The molecule has 1 heterocycles. The zero-order valence-corrected chi connectivity index (χ0v) is 20.2. The molecule has 0 aliphatic carbocycles. The van der Waals surface area contributed by atoms with E-state index in [0.717, 1.165) is 5.56 Å². The standard InChI is InChI=1S/C21H21Cl3N4O2S/c1-4-28-20(13(3)30-14-8-9-15(22)12(2)10-14)26-27-21(28)31-11-18(29)25-19-16(23)6-5-7-17(19)24/h5-10,13H,4,11H2,1-3H3,(H,25,29). The molecule has 0 aliphatic rings. The van der Waals surface area contributed by atoms with Crippen molar-refractivity contribution in [2.75, 3.05) is 11.1 Å². The lowest BCUT2D eigenvalue weighted by Crippen LogP contribution is -2.16. The van der Waals surface area contributed by atoms with E-state index >= 15 is 0 Å². The number of hydrogen-bond donors (Lipinski definition) is 1. The summed E-state index contributed by atoms with van der Waals surface area (Å²) in [4.78, 5) is 12.4. The van der Waals surface area contributed by atoms with Crippen LogP contribution in [0.25, 0.3) is 0 Å². The van der Waals surface area contributed by atoms with Gasteiger partial charge in [-0.05, 0) is 56.7 Å². The number of amides is 1. The molecule has 1 atom stereocenters. The van der Waals surface area contributed by atoms with Gasteiger partial charge in [-0.1, -0.05) is 52.6 Å². The minimum atomic E-state index is -0.335. The number of carbonyl (C=O) groups is 1. The Morgan fingerprint density at radius 2 is 1.87 bits per heavy atom. The molecule has 0 saturated carbocycles. The van der Waals surface area contributed by atoms with E-state index in [1.54, 1.807) is 24.3 Å². The Morgan fingerprint density at radius 1 is 1.16 bits per heavy atom. The van der Waals surface area contributed by atoms with Crippen molar-refractivity contribution < 1.29 is 9.53 Å². The maximum atomic E-state index is 12.4. The van der Waals surface area contributed by atoms with Crippen molar-refractivity contribution in [3.05, 3.63) is 62.9 Å². The predicted octanol–water partition coefficient (Wildman–Crippen LogP) is 6.44. The molecular weight excluding hydrogens is 479 g/mol. The second kappa shape index (κ2) is 10.6. The third-order valence-corrected chi connectivity index (χ3v) is 6.45. The van der Waals surface area contributed by atoms with Crippen LogP contribution in [-0.2, 0) is 11.3 Å². The summed E-state index contributed by atoms with van der Waals surface area (Å²) in [5.41, 5.74) is 1.33. The number of aryl methyl sites for hydroxylation is 1. The van der Waals surface area contributed by atoms with Gasteiger partial charge in [0.2, 0.25) is 5.91 Å². The molecule has 31 heavy (non-hydrogen) atoms. The van der Waals surface area contributed by atoms with Crippen LogP contribution in [0.4, 0.5) is 5.69 Å². The fourth-order valence-electron chi connectivity index (χ4n) is 2.87. The van der Waals surface area contributed by atoms with E-state index in [2.05, 4.69) is 15.5 Å². The summed E-state index contributed by atoms with van der Waals surface area (Å²) in [5.74, 6) is 1.26. The van der Waals surface area contributed by atoms with Gasteiger partial charge in [-0.3, -0.25) is 4.79 Å². The number of nitrogens with zero attached hydrogens (tertiary/aromatic N) is 3. The molecule has 164 valence electrons. The van der Waals surface area contributed by atoms with E-state index < -0.39 is 0 Å². The zero-order valence-electron chi connectivity index (χ0n) is 17.2. The van der Waals surface area contributed by atoms with Gasteiger partial charge in [0.1, 0.15) is 5.75 Å². The van der Waals surface area contributed by atoms with Crippen molar-refractivity contribution in [3.63, 3.8) is 0 Å². The number of carbonyl (C=O) groups excluding carboxylic acids is 1. The largest absolute Gasteiger partial charge is 0.483 e. The molecule has 1 N–H and O–H groups in total. The third kappa shape index (κ3) is 5.86. The van der Waals surface area contributed by atoms with Crippen molar-refractivity contribution in [1.82, 2.24) is 14.8 Å². The predicted molar refractivity (Wildman–Crippen MR) is 127 cm³/mol. The normalized spacial score (nSPS) is 11.9. The highest BCUT2D eigenvalue weighted by Crippen LogP contribution is 2.31. The molecule has 1 amide bonds. The number of benzene rings is 2. The van der Waals surface area contributed by atoms with Crippen LogP contribution in [0.2, 0.25) is 15.1 Å². The Bertz CT molecular complexity index is 1070. The van der Waals surface area contributed by atoms with Gasteiger partial charge < -0.3 is 14.6 Å². The quantitative estimate of drug-likeness (QED) is 0.361. The van der Waals surface area contributed by atoms with Crippen molar-refractivity contribution in [3.8, 4) is 5.75 Å². The molecule has 10 heteroatoms. The van der Waals surface area contributed by atoms with E-state index in [-0.39, 0.29) is 17.8 Å². The summed E-state index contributed by atoms with van der Waals surface area (Å²) < 4.78 is 7.95. The number of thioether (sulfide) groups is 1. The van der Waals surface area contributed by atoms with E-state index in [4.69, 9.17) is 39.5 Å². The Balaban J connectivity index is 1.66. The monoisotopic (exact) mass is 498 g/mol. The molecule has 1 aromatic heterocycles. The van der Waals surface area contributed by atoms with E-state index in [1.807, 2.05) is 37.5 Å². The lowest BCUT2D eigenvalue weighted by atomic mass is 10.2. The number of rotatable bonds is 8. The Hall–Kier alpha value is -1.93. The van der Waals surface area contributed by atoms with Crippen molar-refractivity contribution in [1.29, 1.82) is 0 Å². The van der Waals surface area contributed by atoms with Crippen LogP contribution in [0.15, 0.2) is 41.6 Å². The number of para-hydroxylation sites is 1. The van der Waals surface area contributed by atoms with Crippen molar-refractivity contribution in [2.24, 2.45) is 0 Å². The first-order valence-corrected chi connectivity index (χ1v) is 11.6. The first kappa shape index (κ1) is 23.7. The molecule has 0 fully saturated rings. The number of anilines is 1. The molecule has 0 bridgehead atoms. The summed E-state index contributed by atoms with van der Waals surface area (Å²) in [7, 11) is 0. The first-order valence-electron chi connectivity index (χ1n) is 9.52. The van der Waals surface area contributed by atoms with E-state index in [1.165, 1.54) is 11.8 Å². The molecule has 6 nitrogen and oxygen atoms in total. The van der Waals surface area contributed by atoms with Crippen LogP contribution in [0.1, 0.15) is 31.3 Å². The van der Waals surface area contributed by atoms with Crippen LogP contribution >= 0.6 is 46.6 Å². The average molecular weight is 500 g/mol. The summed E-state index contributed by atoms with van der Waals surface area (Å²) >= 11 is 19.6. The van der Waals surface area contributed by atoms with Crippen LogP contribution < -0.4 is 10.1 Å². The molecule has 0 aliphatic heterocycles. The fraction of sp³-hybridized carbons (Fsp3) is 0.286. The molecular formula is C21H21Cl3N4O2S. The molecule has 3 aromatic rings. The van der Waals surface area contributed by atoms with Gasteiger partial charge in [0.05, 0.1) is 21.5 Å². The van der Waals surface area contributed by atoms with Crippen molar-refractivity contribution >= 4 is 58.2 Å². The number of hydrogen-bond acceptors (Lipinski definition) is 5. The molecule has 2 aromatic carbocycles. The minimum Gasteiger partial charge on any atom is -0.483 e. The lowest BCUT2D eigenvalue weighted by molar-refractivity contribution is -0.113. The van der Waals surface area contributed by atoms with Gasteiger partial charge in [0.15, 0.2) is 17.1 Å². The lowest BCUT2D eigenvalue weighted by Gasteiger charge is -2.16. The van der Waals surface area contributed by atoms with Crippen LogP contribution in [0, 0.1) is 6.92 Å². The summed E-state index contributed by atoms with van der Waals surface area (Å²) in [6, 6.07) is 10.5. The van der Waals surface area contributed by atoms with Gasteiger partial charge in [0.25, 0.3) is 0 Å².